The lowest BCUT2D eigenvalue weighted by molar-refractivity contribution is -0.134. The van der Waals surface area contributed by atoms with Crippen LogP contribution in [0, 0.1) is 6.92 Å². The van der Waals surface area contributed by atoms with E-state index in [0.29, 0.717) is 26.2 Å². The third-order valence-corrected chi connectivity index (χ3v) is 4.86. The number of nitrogens with zero attached hydrogens (tertiary/aromatic N) is 2. The molecule has 1 saturated heterocycles. The summed E-state index contributed by atoms with van der Waals surface area (Å²) in [7, 11) is 1.65. The Labute approximate surface area is 165 Å². The fourth-order valence-corrected chi connectivity index (χ4v) is 3.39. The van der Waals surface area contributed by atoms with Crippen LogP contribution in [0.5, 0.6) is 5.75 Å². The number of hydrogen-bond acceptors (Lipinski definition) is 5. The van der Waals surface area contributed by atoms with E-state index < -0.39 is 6.04 Å². The SMILES string of the molecule is COc1ccc(CN2CCNC(=O)[C@H]2CC(=O)NCc2ccccn2)cc1C. The Hall–Kier alpha value is -2.93. The molecule has 148 valence electrons. The number of methoxy groups -OCH3 is 1. The Morgan fingerprint density at radius 3 is 2.93 bits per heavy atom. The Morgan fingerprint density at radius 1 is 1.36 bits per heavy atom. The number of amides is 2. The summed E-state index contributed by atoms with van der Waals surface area (Å²) in [6.45, 7) is 4.24. The maximum Gasteiger partial charge on any atom is 0.237 e. The zero-order valence-electron chi connectivity index (χ0n) is 16.3. The summed E-state index contributed by atoms with van der Waals surface area (Å²) < 4.78 is 5.31. The molecule has 1 aliphatic heterocycles. The van der Waals surface area contributed by atoms with E-state index in [4.69, 9.17) is 4.74 Å². The van der Waals surface area contributed by atoms with Gasteiger partial charge in [-0.25, -0.2) is 0 Å². The number of aromatic nitrogens is 1. The number of ether oxygens (including phenoxy) is 1. The first-order valence-corrected chi connectivity index (χ1v) is 9.38. The van der Waals surface area contributed by atoms with Crippen LogP contribution in [-0.4, -0.2) is 47.9 Å². The Balaban J connectivity index is 1.62. The zero-order chi connectivity index (χ0) is 19.9. The predicted octanol–water partition coefficient (Wildman–Crippen LogP) is 1.41. The van der Waals surface area contributed by atoms with Crippen LogP contribution in [0.4, 0.5) is 0 Å². The van der Waals surface area contributed by atoms with E-state index in [9.17, 15) is 9.59 Å². The van der Waals surface area contributed by atoms with Gasteiger partial charge in [0.15, 0.2) is 0 Å². The van der Waals surface area contributed by atoms with Crippen molar-refractivity contribution in [2.75, 3.05) is 20.2 Å². The third kappa shape index (κ3) is 5.07. The Bertz CT molecular complexity index is 826. The molecule has 0 radical (unpaired) electrons. The van der Waals surface area contributed by atoms with E-state index in [0.717, 1.165) is 22.6 Å². The summed E-state index contributed by atoms with van der Waals surface area (Å²) in [6.07, 6.45) is 1.81. The average Bonchev–Trinajstić information content (AvgIpc) is 2.70. The van der Waals surface area contributed by atoms with E-state index in [1.165, 1.54) is 0 Å². The smallest absolute Gasteiger partial charge is 0.237 e. The van der Waals surface area contributed by atoms with E-state index in [1.54, 1.807) is 13.3 Å². The van der Waals surface area contributed by atoms with Gasteiger partial charge < -0.3 is 15.4 Å². The standard InChI is InChI=1S/C21H26N4O3/c1-15-11-16(6-7-19(15)28-2)14-25-10-9-23-21(27)18(25)12-20(26)24-13-17-5-3-4-8-22-17/h3-8,11,18H,9-10,12-14H2,1-2H3,(H,23,27)(H,24,26)/t18-/m1/s1. The molecule has 0 saturated carbocycles. The van der Waals surface area contributed by atoms with Gasteiger partial charge in [-0.2, -0.15) is 0 Å². The highest BCUT2D eigenvalue weighted by atomic mass is 16.5. The predicted molar refractivity (Wildman–Crippen MR) is 106 cm³/mol. The first-order chi connectivity index (χ1) is 13.6. The molecule has 28 heavy (non-hydrogen) atoms. The van der Waals surface area contributed by atoms with Crippen LogP contribution in [-0.2, 0) is 22.7 Å². The molecule has 2 N–H and O–H groups in total. The fourth-order valence-electron chi connectivity index (χ4n) is 3.39. The van der Waals surface area contributed by atoms with Gasteiger partial charge in [0.05, 0.1) is 31.8 Å². The van der Waals surface area contributed by atoms with Crippen molar-refractivity contribution in [2.45, 2.75) is 32.5 Å². The topological polar surface area (TPSA) is 83.6 Å². The van der Waals surface area contributed by atoms with Gasteiger partial charge in [-0.3, -0.25) is 19.5 Å². The van der Waals surface area contributed by atoms with Crippen molar-refractivity contribution < 1.29 is 14.3 Å². The van der Waals surface area contributed by atoms with Crippen molar-refractivity contribution in [3.05, 3.63) is 59.4 Å². The van der Waals surface area contributed by atoms with Crippen molar-refractivity contribution in [1.29, 1.82) is 0 Å². The maximum absolute atomic E-state index is 12.4. The van der Waals surface area contributed by atoms with Crippen molar-refractivity contribution in [3.8, 4) is 5.75 Å². The summed E-state index contributed by atoms with van der Waals surface area (Å²) in [6, 6.07) is 11.1. The molecule has 7 heteroatoms. The van der Waals surface area contributed by atoms with Crippen LogP contribution < -0.4 is 15.4 Å². The molecule has 0 spiro atoms. The van der Waals surface area contributed by atoms with Gasteiger partial charge in [0.1, 0.15) is 5.75 Å². The highest BCUT2D eigenvalue weighted by Crippen LogP contribution is 2.21. The molecule has 0 unspecified atom stereocenters. The minimum absolute atomic E-state index is 0.107. The molecular weight excluding hydrogens is 356 g/mol. The van der Waals surface area contributed by atoms with Crippen LogP contribution in [0.25, 0.3) is 0 Å². The number of nitrogens with one attached hydrogen (secondary N) is 2. The van der Waals surface area contributed by atoms with Gasteiger partial charge in [0.25, 0.3) is 0 Å². The molecule has 2 aromatic rings. The molecule has 1 aromatic carbocycles. The maximum atomic E-state index is 12.4. The zero-order valence-corrected chi connectivity index (χ0v) is 16.3. The number of aryl methyl sites for hydroxylation is 1. The summed E-state index contributed by atoms with van der Waals surface area (Å²) in [5.41, 5.74) is 2.92. The third-order valence-electron chi connectivity index (χ3n) is 4.86. The fraction of sp³-hybridized carbons (Fsp3) is 0.381. The van der Waals surface area contributed by atoms with Crippen molar-refractivity contribution in [3.63, 3.8) is 0 Å². The van der Waals surface area contributed by atoms with Crippen molar-refractivity contribution in [1.82, 2.24) is 20.5 Å². The van der Waals surface area contributed by atoms with Crippen LogP contribution in [0.15, 0.2) is 42.6 Å². The first-order valence-electron chi connectivity index (χ1n) is 9.38. The molecule has 7 nitrogen and oxygen atoms in total. The lowest BCUT2D eigenvalue weighted by Gasteiger charge is -2.34. The quantitative estimate of drug-likeness (QED) is 0.756. The Kier molecular flexibility index (Phi) is 6.60. The molecule has 0 bridgehead atoms. The van der Waals surface area contributed by atoms with Gasteiger partial charge in [0, 0.05) is 25.8 Å². The summed E-state index contributed by atoms with van der Waals surface area (Å²) in [4.78, 5) is 31.1. The molecule has 0 aliphatic carbocycles. The minimum Gasteiger partial charge on any atom is -0.496 e. The number of pyridine rings is 1. The number of piperazine rings is 1. The molecule has 1 aromatic heterocycles. The lowest BCUT2D eigenvalue weighted by Crippen LogP contribution is -2.56. The van der Waals surface area contributed by atoms with Crippen LogP contribution in [0.3, 0.4) is 0 Å². The second-order valence-corrected chi connectivity index (χ2v) is 6.88. The minimum atomic E-state index is -0.486. The number of carbonyl (C=O) groups excluding carboxylic acids is 2. The number of hydrogen-bond donors (Lipinski definition) is 2. The van der Waals surface area contributed by atoms with E-state index in [2.05, 4.69) is 26.6 Å². The summed E-state index contributed by atoms with van der Waals surface area (Å²) >= 11 is 0. The number of carbonyl (C=O) groups is 2. The van der Waals surface area contributed by atoms with Gasteiger partial charge in [-0.05, 0) is 36.2 Å². The van der Waals surface area contributed by atoms with E-state index >= 15 is 0 Å². The first kappa shape index (κ1) is 19.8. The number of rotatable bonds is 7. The van der Waals surface area contributed by atoms with Gasteiger partial charge in [0.2, 0.25) is 11.8 Å². The second kappa shape index (κ2) is 9.32. The molecule has 1 aliphatic rings. The summed E-state index contributed by atoms with van der Waals surface area (Å²) in [5.74, 6) is 0.568. The Morgan fingerprint density at radius 2 is 2.21 bits per heavy atom. The van der Waals surface area contributed by atoms with Crippen molar-refractivity contribution >= 4 is 11.8 Å². The van der Waals surface area contributed by atoms with Gasteiger partial charge in [-0.1, -0.05) is 18.2 Å². The average molecular weight is 382 g/mol. The monoisotopic (exact) mass is 382 g/mol. The molecular formula is C21H26N4O3. The van der Waals surface area contributed by atoms with Crippen LogP contribution >= 0.6 is 0 Å². The summed E-state index contributed by atoms with van der Waals surface area (Å²) in [5, 5.41) is 5.71. The lowest BCUT2D eigenvalue weighted by atomic mass is 10.1. The number of benzene rings is 1. The molecule has 2 amide bonds. The van der Waals surface area contributed by atoms with Gasteiger partial charge >= 0.3 is 0 Å². The van der Waals surface area contributed by atoms with E-state index in [1.807, 2.05) is 37.3 Å². The second-order valence-electron chi connectivity index (χ2n) is 6.88. The van der Waals surface area contributed by atoms with Crippen LogP contribution in [0.1, 0.15) is 23.2 Å². The normalized spacial score (nSPS) is 17.1. The van der Waals surface area contributed by atoms with Crippen molar-refractivity contribution in [2.24, 2.45) is 0 Å². The molecule has 2 heterocycles. The molecule has 1 fully saturated rings. The molecule has 3 rings (SSSR count). The van der Waals surface area contributed by atoms with E-state index in [-0.39, 0.29) is 18.2 Å². The largest absolute Gasteiger partial charge is 0.496 e. The highest BCUT2D eigenvalue weighted by Gasteiger charge is 2.31. The highest BCUT2D eigenvalue weighted by molar-refractivity contribution is 5.88. The van der Waals surface area contributed by atoms with Gasteiger partial charge in [-0.15, -0.1) is 0 Å². The molecule has 1 atom stereocenters. The van der Waals surface area contributed by atoms with Crippen LogP contribution in [0.2, 0.25) is 0 Å².